The number of aliphatic hydroxyl groups is 1. The number of β-amino-alcohol motifs (C(OH)–C–C–N with tert-alkyl or cyclic N) is 1. The summed E-state index contributed by atoms with van der Waals surface area (Å²) in [6.07, 6.45) is 1.44. The van der Waals surface area contributed by atoms with Gasteiger partial charge in [0.15, 0.2) is 0 Å². The Kier molecular flexibility index (Phi) is 5.99. The molecular weight excluding hydrogens is 338 g/mol. The minimum Gasteiger partial charge on any atom is -0.492 e. The number of aryl methyl sites for hydroxylation is 1. The number of likely N-dealkylation sites (tertiary alicyclic amines) is 1. The van der Waals surface area contributed by atoms with Gasteiger partial charge in [0.1, 0.15) is 5.75 Å². The molecule has 2 aromatic rings. The second-order valence-corrected chi connectivity index (χ2v) is 7.29. The van der Waals surface area contributed by atoms with Gasteiger partial charge in [-0.05, 0) is 43.5 Å². The Morgan fingerprint density at radius 3 is 2.88 bits per heavy atom. The van der Waals surface area contributed by atoms with E-state index in [0.717, 1.165) is 48.6 Å². The number of H-pyrrole nitrogens is 1. The van der Waals surface area contributed by atoms with Crippen molar-refractivity contribution >= 4 is 11.6 Å². The molecule has 6 heteroatoms. The lowest BCUT2D eigenvalue weighted by molar-refractivity contribution is 0.140. The van der Waals surface area contributed by atoms with Gasteiger partial charge in [-0.2, -0.15) is 5.10 Å². The quantitative estimate of drug-likeness (QED) is 0.793. The first-order valence-corrected chi connectivity index (χ1v) is 9.25. The van der Waals surface area contributed by atoms with E-state index in [1.54, 1.807) is 0 Å². The van der Waals surface area contributed by atoms with Crippen LogP contribution in [-0.2, 0) is 13.0 Å². The van der Waals surface area contributed by atoms with Crippen molar-refractivity contribution in [1.82, 2.24) is 15.1 Å². The van der Waals surface area contributed by atoms with Crippen LogP contribution in [0.15, 0.2) is 24.3 Å². The van der Waals surface area contributed by atoms with E-state index < -0.39 is 0 Å². The Morgan fingerprint density at radius 2 is 2.20 bits per heavy atom. The fourth-order valence-corrected chi connectivity index (χ4v) is 3.61. The van der Waals surface area contributed by atoms with Crippen LogP contribution >= 0.6 is 11.6 Å². The van der Waals surface area contributed by atoms with Crippen molar-refractivity contribution in [2.75, 3.05) is 19.7 Å². The number of nitrogens with one attached hydrogen (secondary N) is 1. The van der Waals surface area contributed by atoms with Crippen molar-refractivity contribution in [2.24, 2.45) is 5.92 Å². The highest BCUT2D eigenvalue weighted by atomic mass is 35.5. The summed E-state index contributed by atoms with van der Waals surface area (Å²) < 4.78 is 5.62. The van der Waals surface area contributed by atoms with Gasteiger partial charge in [-0.3, -0.25) is 10.00 Å². The van der Waals surface area contributed by atoms with Crippen molar-refractivity contribution in [2.45, 2.75) is 39.3 Å². The van der Waals surface area contributed by atoms with E-state index in [0.29, 0.717) is 18.2 Å². The van der Waals surface area contributed by atoms with Crippen molar-refractivity contribution in [3.05, 3.63) is 46.2 Å². The van der Waals surface area contributed by atoms with Crippen LogP contribution in [0.1, 0.15) is 30.3 Å². The van der Waals surface area contributed by atoms with Crippen LogP contribution in [0.3, 0.4) is 0 Å². The number of rotatable bonds is 7. The zero-order valence-electron chi connectivity index (χ0n) is 14.8. The maximum Gasteiger partial charge on any atom is 0.137 e. The molecule has 5 nitrogen and oxygen atoms in total. The summed E-state index contributed by atoms with van der Waals surface area (Å²) in [5, 5.41) is 18.3. The average Bonchev–Trinajstić information content (AvgIpc) is 3.13. The largest absolute Gasteiger partial charge is 0.492 e. The van der Waals surface area contributed by atoms with Crippen molar-refractivity contribution in [3.8, 4) is 5.75 Å². The highest BCUT2D eigenvalue weighted by molar-refractivity contribution is 6.32. The van der Waals surface area contributed by atoms with Crippen LogP contribution in [0.25, 0.3) is 0 Å². The Balaban J connectivity index is 1.57. The number of nitrogens with zero attached hydrogens (tertiary/aromatic N) is 2. The second-order valence-electron chi connectivity index (χ2n) is 6.88. The standard InChI is InChI=1S/C19H26ClN3O2/c1-3-6-25-19-5-4-14(8-17(19)20)10-23-11-15(18(24)12-23)9-16-7-13(2)21-22-16/h4-5,7-8,15,18,24H,3,6,9-12H2,1-2H3,(H,21,22)/t15-,18-/m1/s1. The Hall–Kier alpha value is -1.56. The van der Waals surface area contributed by atoms with Gasteiger partial charge in [0.05, 0.1) is 23.4 Å². The fourth-order valence-electron chi connectivity index (χ4n) is 3.35. The highest BCUT2D eigenvalue weighted by Gasteiger charge is 2.31. The van der Waals surface area contributed by atoms with E-state index in [1.807, 2.05) is 31.2 Å². The molecule has 0 unspecified atom stereocenters. The van der Waals surface area contributed by atoms with Crippen LogP contribution in [0.5, 0.6) is 5.75 Å². The molecule has 1 aliphatic heterocycles. The van der Waals surface area contributed by atoms with Gasteiger partial charge in [-0.15, -0.1) is 0 Å². The van der Waals surface area contributed by atoms with Gasteiger partial charge in [0.2, 0.25) is 0 Å². The molecule has 1 aliphatic rings. The molecule has 0 spiro atoms. The Morgan fingerprint density at radius 1 is 1.36 bits per heavy atom. The first-order valence-electron chi connectivity index (χ1n) is 8.87. The monoisotopic (exact) mass is 363 g/mol. The fraction of sp³-hybridized carbons (Fsp3) is 0.526. The number of ether oxygens (including phenoxy) is 1. The summed E-state index contributed by atoms with van der Waals surface area (Å²) in [5.41, 5.74) is 3.21. The molecule has 1 aromatic carbocycles. The lowest BCUT2D eigenvalue weighted by atomic mass is 10.0. The summed E-state index contributed by atoms with van der Waals surface area (Å²) in [6.45, 7) is 7.05. The lowest BCUT2D eigenvalue weighted by Gasteiger charge is -2.16. The average molecular weight is 364 g/mol. The summed E-state index contributed by atoms with van der Waals surface area (Å²) >= 11 is 6.31. The molecule has 2 heterocycles. The van der Waals surface area contributed by atoms with Crippen LogP contribution in [-0.4, -0.2) is 46.0 Å². The molecular formula is C19H26ClN3O2. The maximum atomic E-state index is 10.4. The molecule has 1 saturated heterocycles. The number of aromatic nitrogens is 2. The van der Waals surface area contributed by atoms with E-state index in [-0.39, 0.29) is 12.0 Å². The molecule has 3 rings (SSSR count). The Labute approximate surface area is 154 Å². The van der Waals surface area contributed by atoms with E-state index in [9.17, 15) is 5.11 Å². The highest BCUT2D eigenvalue weighted by Crippen LogP contribution is 2.28. The van der Waals surface area contributed by atoms with Crippen LogP contribution in [0.2, 0.25) is 5.02 Å². The van der Waals surface area contributed by atoms with E-state index in [4.69, 9.17) is 16.3 Å². The minimum absolute atomic E-state index is 0.213. The molecule has 1 fully saturated rings. The van der Waals surface area contributed by atoms with Crippen LogP contribution < -0.4 is 4.74 Å². The third kappa shape index (κ3) is 4.75. The predicted octanol–water partition coefficient (Wildman–Crippen LogP) is 3.20. The van der Waals surface area contributed by atoms with Crippen molar-refractivity contribution < 1.29 is 9.84 Å². The zero-order chi connectivity index (χ0) is 17.8. The van der Waals surface area contributed by atoms with Gasteiger partial charge in [0, 0.05) is 31.2 Å². The number of halogens is 1. The molecule has 0 aliphatic carbocycles. The topological polar surface area (TPSA) is 61.4 Å². The van der Waals surface area contributed by atoms with E-state index in [2.05, 4.69) is 22.0 Å². The molecule has 2 atom stereocenters. The smallest absolute Gasteiger partial charge is 0.137 e. The first kappa shape index (κ1) is 18.2. The molecule has 0 amide bonds. The van der Waals surface area contributed by atoms with Crippen molar-refractivity contribution in [1.29, 1.82) is 0 Å². The first-order chi connectivity index (χ1) is 12.0. The summed E-state index contributed by atoms with van der Waals surface area (Å²) in [7, 11) is 0. The number of hydrogen-bond donors (Lipinski definition) is 2. The summed E-state index contributed by atoms with van der Waals surface area (Å²) in [6, 6.07) is 7.99. The van der Waals surface area contributed by atoms with Crippen LogP contribution in [0, 0.1) is 12.8 Å². The van der Waals surface area contributed by atoms with Gasteiger partial charge >= 0.3 is 0 Å². The zero-order valence-corrected chi connectivity index (χ0v) is 15.6. The number of benzene rings is 1. The van der Waals surface area contributed by atoms with Crippen molar-refractivity contribution in [3.63, 3.8) is 0 Å². The van der Waals surface area contributed by atoms with Gasteiger partial charge < -0.3 is 9.84 Å². The molecule has 0 radical (unpaired) electrons. The lowest BCUT2D eigenvalue weighted by Crippen LogP contribution is -2.21. The third-order valence-corrected chi connectivity index (χ3v) is 4.87. The molecule has 2 N–H and O–H groups in total. The number of aromatic amines is 1. The second kappa shape index (κ2) is 8.21. The molecule has 136 valence electrons. The molecule has 25 heavy (non-hydrogen) atoms. The molecule has 0 bridgehead atoms. The third-order valence-electron chi connectivity index (χ3n) is 4.58. The summed E-state index contributed by atoms with van der Waals surface area (Å²) in [5.74, 6) is 0.950. The van der Waals surface area contributed by atoms with Gasteiger partial charge in [0.25, 0.3) is 0 Å². The summed E-state index contributed by atoms with van der Waals surface area (Å²) in [4.78, 5) is 2.27. The SMILES string of the molecule is CCCOc1ccc(CN2C[C@@H](Cc3cc(C)[nH]n3)[C@H](O)C2)cc1Cl. The Bertz CT molecular complexity index is 704. The number of aliphatic hydroxyl groups excluding tert-OH is 1. The molecule has 0 saturated carbocycles. The van der Waals surface area contributed by atoms with Crippen LogP contribution in [0.4, 0.5) is 0 Å². The molecule has 1 aromatic heterocycles. The minimum atomic E-state index is -0.320. The maximum absolute atomic E-state index is 10.4. The van der Waals surface area contributed by atoms with E-state index >= 15 is 0 Å². The van der Waals surface area contributed by atoms with Gasteiger partial charge in [-0.1, -0.05) is 24.6 Å². The van der Waals surface area contributed by atoms with Gasteiger partial charge in [-0.25, -0.2) is 0 Å². The predicted molar refractivity (Wildman–Crippen MR) is 99.0 cm³/mol. The number of hydrogen-bond acceptors (Lipinski definition) is 4. The normalized spacial score (nSPS) is 21.0. The van der Waals surface area contributed by atoms with E-state index in [1.165, 1.54) is 0 Å².